The molecule has 1 saturated heterocycles. The predicted octanol–water partition coefficient (Wildman–Crippen LogP) is 0.546. The molecule has 0 amide bonds. The lowest BCUT2D eigenvalue weighted by atomic mass is 10.1. The van der Waals surface area contributed by atoms with Crippen LogP contribution in [0.5, 0.6) is 0 Å². The van der Waals surface area contributed by atoms with Crippen molar-refractivity contribution in [2.45, 2.75) is 19.8 Å². The third kappa shape index (κ3) is 8.90. The summed E-state index contributed by atoms with van der Waals surface area (Å²) in [7, 11) is 3.86. The van der Waals surface area contributed by atoms with Crippen LogP contribution in [0, 0.1) is 5.92 Å². The van der Waals surface area contributed by atoms with Gasteiger partial charge < -0.3 is 25.0 Å². The largest absolute Gasteiger partial charge is 0.382 e. The number of methoxy groups -OCH3 is 1. The molecule has 21 heavy (non-hydrogen) atoms. The zero-order valence-electron chi connectivity index (χ0n) is 13.9. The average molecular weight is 300 g/mol. The van der Waals surface area contributed by atoms with Gasteiger partial charge in [-0.2, -0.15) is 0 Å². The Morgan fingerprint density at radius 3 is 2.81 bits per heavy atom. The minimum atomic E-state index is 0.660. The summed E-state index contributed by atoms with van der Waals surface area (Å²) in [5.41, 5.74) is 0. The lowest BCUT2D eigenvalue weighted by molar-refractivity contribution is 0.0698. The van der Waals surface area contributed by atoms with Gasteiger partial charge in [-0.1, -0.05) is 0 Å². The molecule has 0 aromatic rings. The van der Waals surface area contributed by atoms with Crippen LogP contribution in [-0.4, -0.2) is 77.6 Å². The van der Waals surface area contributed by atoms with Crippen molar-refractivity contribution in [1.29, 1.82) is 0 Å². The maximum Gasteiger partial charge on any atom is 0.191 e. The summed E-state index contributed by atoms with van der Waals surface area (Å²) in [4.78, 5) is 7.06. The van der Waals surface area contributed by atoms with Crippen LogP contribution in [0.25, 0.3) is 0 Å². The quantitative estimate of drug-likeness (QED) is 0.350. The van der Waals surface area contributed by atoms with E-state index in [0.717, 1.165) is 45.2 Å². The predicted molar refractivity (Wildman–Crippen MR) is 86.9 cm³/mol. The van der Waals surface area contributed by atoms with E-state index in [9.17, 15) is 0 Å². The summed E-state index contributed by atoms with van der Waals surface area (Å²) in [6, 6.07) is 0. The number of nitrogens with one attached hydrogen (secondary N) is 2. The molecular formula is C15H32N4O2. The van der Waals surface area contributed by atoms with Crippen LogP contribution in [0.15, 0.2) is 4.99 Å². The Balaban J connectivity index is 2.13. The highest BCUT2D eigenvalue weighted by Crippen LogP contribution is 2.13. The Morgan fingerprint density at radius 2 is 2.14 bits per heavy atom. The van der Waals surface area contributed by atoms with Gasteiger partial charge in [0.1, 0.15) is 0 Å². The first-order valence-electron chi connectivity index (χ1n) is 8.03. The summed E-state index contributed by atoms with van der Waals surface area (Å²) in [5.74, 6) is 1.62. The first-order chi connectivity index (χ1) is 10.3. The molecular weight excluding hydrogens is 268 g/mol. The molecule has 2 N–H and O–H groups in total. The summed E-state index contributed by atoms with van der Waals surface area (Å²) in [5, 5.41) is 6.65. The molecule has 0 aromatic heterocycles. The molecule has 1 fully saturated rings. The third-order valence-corrected chi connectivity index (χ3v) is 3.53. The zero-order chi connectivity index (χ0) is 15.3. The Kier molecular flexibility index (Phi) is 10.2. The number of aliphatic imine (C=N–C) groups is 1. The van der Waals surface area contributed by atoms with Crippen molar-refractivity contribution in [3.05, 3.63) is 0 Å². The Bertz CT molecular complexity index is 287. The summed E-state index contributed by atoms with van der Waals surface area (Å²) >= 11 is 0. The van der Waals surface area contributed by atoms with Crippen LogP contribution in [0.3, 0.4) is 0 Å². The fourth-order valence-electron chi connectivity index (χ4n) is 2.36. The standard InChI is InChI=1S/C15H32N4O2/c1-4-16-15(17-7-5-9-21-11-10-20-3)18-12-14-6-8-19(2)13-14/h14H,4-13H2,1-3H3,(H2,16,17,18). The van der Waals surface area contributed by atoms with E-state index < -0.39 is 0 Å². The summed E-state index contributed by atoms with van der Waals surface area (Å²) in [6.07, 6.45) is 2.23. The van der Waals surface area contributed by atoms with Crippen molar-refractivity contribution in [1.82, 2.24) is 15.5 Å². The van der Waals surface area contributed by atoms with Crippen molar-refractivity contribution in [3.63, 3.8) is 0 Å². The number of likely N-dealkylation sites (tertiary alicyclic amines) is 1. The molecule has 0 saturated carbocycles. The number of hydrogen-bond acceptors (Lipinski definition) is 4. The van der Waals surface area contributed by atoms with E-state index in [2.05, 4.69) is 34.5 Å². The van der Waals surface area contributed by atoms with Gasteiger partial charge in [-0.15, -0.1) is 0 Å². The molecule has 1 heterocycles. The van der Waals surface area contributed by atoms with Crippen molar-refractivity contribution in [2.24, 2.45) is 10.9 Å². The number of rotatable bonds is 10. The lowest BCUT2D eigenvalue weighted by Crippen LogP contribution is -2.38. The highest BCUT2D eigenvalue weighted by Gasteiger charge is 2.18. The maximum atomic E-state index is 5.44. The Labute approximate surface area is 129 Å². The van der Waals surface area contributed by atoms with Crippen molar-refractivity contribution in [3.8, 4) is 0 Å². The molecule has 0 spiro atoms. The second kappa shape index (κ2) is 11.8. The van der Waals surface area contributed by atoms with Gasteiger partial charge in [0.25, 0.3) is 0 Å². The smallest absolute Gasteiger partial charge is 0.191 e. The fourth-order valence-corrected chi connectivity index (χ4v) is 2.36. The second-order valence-electron chi connectivity index (χ2n) is 5.52. The van der Waals surface area contributed by atoms with E-state index in [0.29, 0.717) is 19.1 Å². The van der Waals surface area contributed by atoms with Crippen molar-refractivity contribution in [2.75, 3.05) is 66.7 Å². The zero-order valence-corrected chi connectivity index (χ0v) is 13.9. The number of nitrogens with zero attached hydrogens (tertiary/aromatic N) is 2. The molecule has 1 atom stereocenters. The van der Waals surface area contributed by atoms with E-state index in [1.807, 2.05) is 0 Å². The van der Waals surface area contributed by atoms with Crippen molar-refractivity contribution < 1.29 is 9.47 Å². The highest BCUT2D eigenvalue weighted by atomic mass is 16.5. The minimum absolute atomic E-state index is 0.660. The van der Waals surface area contributed by atoms with E-state index >= 15 is 0 Å². The van der Waals surface area contributed by atoms with Crippen LogP contribution in [-0.2, 0) is 9.47 Å². The minimum Gasteiger partial charge on any atom is -0.382 e. The van der Waals surface area contributed by atoms with E-state index in [4.69, 9.17) is 9.47 Å². The van der Waals surface area contributed by atoms with Gasteiger partial charge in [-0.05, 0) is 39.3 Å². The van der Waals surface area contributed by atoms with Gasteiger partial charge in [0, 0.05) is 39.9 Å². The topological polar surface area (TPSA) is 58.1 Å². The third-order valence-electron chi connectivity index (χ3n) is 3.53. The molecule has 1 unspecified atom stereocenters. The fraction of sp³-hybridized carbons (Fsp3) is 0.933. The SMILES string of the molecule is CCNC(=NCC1CCN(C)C1)NCCCOCCOC. The Hall–Kier alpha value is -0.850. The number of hydrogen-bond donors (Lipinski definition) is 2. The highest BCUT2D eigenvalue weighted by molar-refractivity contribution is 5.79. The molecule has 0 bridgehead atoms. The molecule has 0 radical (unpaired) electrons. The van der Waals surface area contributed by atoms with Crippen LogP contribution in [0.2, 0.25) is 0 Å². The molecule has 0 aliphatic carbocycles. The number of ether oxygens (including phenoxy) is 2. The average Bonchev–Trinajstić information content (AvgIpc) is 2.89. The molecule has 1 aliphatic rings. The van der Waals surface area contributed by atoms with Gasteiger partial charge >= 0.3 is 0 Å². The first-order valence-corrected chi connectivity index (χ1v) is 8.03. The van der Waals surface area contributed by atoms with E-state index in [-0.39, 0.29) is 0 Å². The lowest BCUT2D eigenvalue weighted by Gasteiger charge is -2.13. The second-order valence-corrected chi connectivity index (χ2v) is 5.52. The van der Waals surface area contributed by atoms with Gasteiger partial charge in [0.05, 0.1) is 13.2 Å². The first kappa shape index (κ1) is 18.2. The summed E-state index contributed by atoms with van der Waals surface area (Å²) < 4.78 is 10.4. The Morgan fingerprint density at radius 1 is 1.29 bits per heavy atom. The van der Waals surface area contributed by atoms with Crippen LogP contribution in [0.4, 0.5) is 0 Å². The van der Waals surface area contributed by atoms with Gasteiger partial charge in [0.15, 0.2) is 5.96 Å². The van der Waals surface area contributed by atoms with E-state index in [1.54, 1.807) is 7.11 Å². The van der Waals surface area contributed by atoms with Gasteiger partial charge in [-0.3, -0.25) is 4.99 Å². The monoisotopic (exact) mass is 300 g/mol. The molecule has 6 heteroatoms. The molecule has 6 nitrogen and oxygen atoms in total. The van der Waals surface area contributed by atoms with Crippen LogP contribution in [0.1, 0.15) is 19.8 Å². The summed E-state index contributed by atoms with van der Waals surface area (Å²) in [6.45, 7) is 9.21. The van der Waals surface area contributed by atoms with Crippen molar-refractivity contribution >= 4 is 5.96 Å². The van der Waals surface area contributed by atoms with Gasteiger partial charge in [0.2, 0.25) is 0 Å². The molecule has 1 rings (SSSR count). The normalized spacial score (nSPS) is 20.0. The van der Waals surface area contributed by atoms with Crippen LogP contribution >= 0.6 is 0 Å². The number of guanidine groups is 1. The van der Waals surface area contributed by atoms with E-state index in [1.165, 1.54) is 13.0 Å². The maximum absolute atomic E-state index is 5.44. The molecule has 0 aromatic carbocycles. The van der Waals surface area contributed by atoms with Crippen LogP contribution < -0.4 is 10.6 Å². The molecule has 1 aliphatic heterocycles. The molecule has 124 valence electrons. The van der Waals surface area contributed by atoms with Gasteiger partial charge in [-0.25, -0.2) is 0 Å².